The summed E-state index contributed by atoms with van der Waals surface area (Å²) in [5, 5.41) is 0. The minimum Gasteiger partial charge on any atom is -0.339 e. The SMILES string of the molecule is C=CCc1ccccc1C(=O)N1CCCC1. The van der Waals surface area contributed by atoms with Gasteiger partial charge in [-0.1, -0.05) is 24.3 Å². The monoisotopic (exact) mass is 215 g/mol. The van der Waals surface area contributed by atoms with Crippen LogP contribution in [-0.4, -0.2) is 23.9 Å². The van der Waals surface area contributed by atoms with Crippen LogP contribution in [0.5, 0.6) is 0 Å². The van der Waals surface area contributed by atoms with Crippen molar-refractivity contribution in [3.63, 3.8) is 0 Å². The summed E-state index contributed by atoms with van der Waals surface area (Å²) in [7, 11) is 0. The molecule has 1 aromatic rings. The quantitative estimate of drug-likeness (QED) is 0.710. The molecule has 0 N–H and O–H groups in total. The zero-order valence-corrected chi connectivity index (χ0v) is 9.48. The molecule has 0 bridgehead atoms. The molecule has 0 aliphatic carbocycles. The first-order chi connectivity index (χ1) is 7.83. The fraction of sp³-hybridized carbons (Fsp3) is 0.357. The molecule has 0 spiro atoms. The second-order valence-corrected chi connectivity index (χ2v) is 4.15. The van der Waals surface area contributed by atoms with Gasteiger partial charge in [-0.3, -0.25) is 4.79 Å². The third kappa shape index (κ3) is 2.16. The lowest BCUT2D eigenvalue weighted by Gasteiger charge is -2.17. The van der Waals surface area contributed by atoms with Crippen LogP contribution in [-0.2, 0) is 6.42 Å². The van der Waals surface area contributed by atoms with Gasteiger partial charge in [-0.2, -0.15) is 0 Å². The molecule has 0 aromatic heterocycles. The predicted octanol–water partition coefficient (Wildman–Crippen LogP) is 2.65. The van der Waals surface area contributed by atoms with Gasteiger partial charge in [0, 0.05) is 18.7 Å². The van der Waals surface area contributed by atoms with Crippen LogP contribution >= 0.6 is 0 Å². The van der Waals surface area contributed by atoms with E-state index in [4.69, 9.17) is 0 Å². The largest absolute Gasteiger partial charge is 0.339 e. The topological polar surface area (TPSA) is 20.3 Å². The third-order valence-electron chi connectivity index (χ3n) is 3.01. The van der Waals surface area contributed by atoms with Gasteiger partial charge in [0.2, 0.25) is 0 Å². The van der Waals surface area contributed by atoms with Crippen LogP contribution in [0.25, 0.3) is 0 Å². The van der Waals surface area contributed by atoms with E-state index < -0.39 is 0 Å². The van der Waals surface area contributed by atoms with Crippen LogP contribution < -0.4 is 0 Å². The van der Waals surface area contributed by atoms with Gasteiger partial charge in [0.05, 0.1) is 0 Å². The highest BCUT2D eigenvalue weighted by Crippen LogP contribution is 2.16. The van der Waals surface area contributed by atoms with E-state index in [1.807, 2.05) is 35.2 Å². The zero-order chi connectivity index (χ0) is 11.4. The maximum Gasteiger partial charge on any atom is 0.254 e. The number of rotatable bonds is 3. The van der Waals surface area contributed by atoms with E-state index in [2.05, 4.69) is 6.58 Å². The Labute approximate surface area is 96.6 Å². The highest BCUT2D eigenvalue weighted by Gasteiger charge is 2.20. The van der Waals surface area contributed by atoms with Crippen molar-refractivity contribution >= 4 is 5.91 Å². The van der Waals surface area contributed by atoms with Crippen molar-refractivity contribution in [2.24, 2.45) is 0 Å². The molecule has 1 amide bonds. The van der Waals surface area contributed by atoms with Crippen LogP contribution in [0.1, 0.15) is 28.8 Å². The van der Waals surface area contributed by atoms with E-state index in [1.165, 1.54) is 0 Å². The summed E-state index contributed by atoms with van der Waals surface area (Å²) in [5.74, 6) is 0.176. The van der Waals surface area contributed by atoms with E-state index in [-0.39, 0.29) is 5.91 Å². The molecule has 1 heterocycles. The summed E-state index contributed by atoms with van der Waals surface area (Å²) in [6.07, 6.45) is 4.87. The van der Waals surface area contributed by atoms with Crippen LogP contribution in [0.2, 0.25) is 0 Å². The summed E-state index contributed by atoms with van der Waals surface area (Å²) < 4.78 is 0. The van der Waals surface area contributed by atoms with Gasteiger partial charge < -0.3 is 4.90 Å². The highest BCUT2D eigenvalue weighted by atomic mass is 16.2. The van der Waals surface area contributed by atoms with E-state index in [0.29, 0.717) is 0 Å². The van der Waals surface area contributed by atoms with Crippen molar-refractivity contribution in [2.75, 3.05) is 13.1 Å². The van der Waals surface area contributed by atoms with Crippen molar-refractivity contribution in [2.45, 2.75) is 19.3 Å². The number of nitrogens with zero attached hydrogens (tertiary/aromatic N) is 1. The Hall–Kier alpha value is -1.57. The van der Waals surface area contributed by atoms with Crippen LogP contribution in [0, 0.1) is 0 Å². The number of likely N-dealkylation sites (tertiary alicyclic amines) is 1. The van der Waals surface area contributed by atoms with Gasteiger partial charge in [-0.15, -0.1) is 6.58 Å². The molecule has 1 aromatic carbocycles. The number of hydrogen-bond acceptors (Lipinski definition) is 1. The zero-order valence-electron chi connectivity index (χ0n) is 9.48. The molecule has 84 valence electrons. The molecule has 1 aliphatic heterocycles. The first-order valence-corrected chi connectivity index (χ1v) is 5.81. The van der Waals surface area contributed by atoms with Gasteiger partial charge in [-0.05, 0) is 30.9 Å². The Morgan fingerprint density at radius 3 is 2.69 bits per heavy atom. The molecule has 0 atom stereocenters. The molecule has 0 radical (unpaired) electrons. The molecule has 2 heteroatoms. The van der Waals surface area contributed by atoms with Gasteiger partial charge in [0.1, 0.15) is 0 Å². The fourth-order valence-electron chi connectivity index (χ4n) is 2.15. The first kappa shape index (κ1) is 10.9. The molecule has 0 unspecified atom stereocenters. The molecular formula is C14H17NO. The number of amides is 1. The van der Waals surface area contributed by atoms with Crippen LogP contribution in [0.4, 0.5) is 0 Å². The highest BCUT2D eigenvalue weighted by molar-refractivity contribution is 5.95. The molecule has 1 fully saturated rings. The van der Waals surface area contributed by atoms with E-state index in [1.54, 1.807) is 0 Å². The van der Waals surface area contributed by atoms with Gasteiger partial charge in [-0.25, -0.2) is 0 Å². The fourth-order valence-corrected chi connectivity index (χ4v) is 2.15. The van der Waals surface area contributed by atoms with Crippen molar-refractivity contribution in [1.82, 2.24) is 4.90 Å². The summed E-state index contributed by atoms with van der Waals surface area (Å²) in [4.78, 5) is 14.2. The Balaban J connectivity index is 2.24. The second-order valence-electron chi connectivity index (χ2n) is 4.15. The molecule has 2 nitrogen and oxygen atoms in total. The Morgan fingerprint density at radius 1 is 1.31 bits per heavy atom. The lowest BCUT2D eigenvalue weighted by molar-refractivity contribution is 0.0792. The average Bonchev–Trinajstić information content (AvgIpc) is 2.83. The third-order valence-corrected chi connectivity index (χ3v) is 3.01. The maximum atomic E-state index is 12.2. The number of benzene rings is 1. The minimum atomic E-state index is 0.176. The smallest absolute Gasteiger partial charge is 0.254 e. The van der Waals surface area contributed by atoms with E-state index in [0.717, 1.165) is 43.5 Å². The maximum absolute atomic E-state index is 12.2. The number of carbonyl (C=O) groups is 1. The molecule has 1 saturated heterocycles. The predicted molar refractivity (Wildman–Crippen MR) is 65.5 cm³/mol. The molecule has 2 rings (SSSR count). The first-order valence-electron chi connectivity index (χ1n) is 5.81. The summed E-state index contributed by atoms with van der Waals surface area (Å²) in [6, 6.07) is 7.82. The number of carbonyl (C=O) groups excluding carboxylic acids is 1. The van der Waals surface area contributed by atoms with Gasteiger partial charge in [0.15, 0.2) is 0 Å². The van der Waals surface area contributed by atoms with Crippen molar-refractivity contribution < 1.29 is 4.79 Å². The van der Waals surface area contributed by atoms with Crippen LogP contribution in [0.15, 0.2) is 36.9 Å². The number of allylic oxidation sites excluding steroid dienone is 1. The lowest BCUT2D eigenvalue weighted by atomic mass is 10.0. The average molecular weight is 215 g/mol. The minimum absolute atomic E-state index is 0.176. The summed E-state index contributed by atoms with van der Waals surface area (Å²) in [6.45, 7) is 5.54. The standard InChI is InChI=1S/C14H17NO/c1-2-7-12-8-3-4-9-13(12)14(16)15-10-5-6-11-15/h2-4,8-9H,1,5-7,10-11H2. The normalized spacial score (nSPS) is 15.1. The summed E-state index contributed by atoms with van der Waals surface area (Å²) in [5.41, 5.74) is 1.92. The summed E-state index contributed by atoms with van der Waals surface area (Å²) >= 11 is 0. The second kappa shape index (κ2) is 4.97. The molecule has 16 heavy (non-hydrogen) atoms. The molecule has 0 saturated carbocycles. The van der Waals surface area contributed by atoms with Gasteiger partial charge in [0.25, 0.3) is 5.91 Å². The van der Waals surface area contributed by atoms with Crippen molar-refractivity contribution in [3.05, 3.63) is 48.0 Å². The molecular weight excluding hydrogens is 198 g/mol. The van der Waals surface area contributed by atoms with Crippen molar-refractivity contribution in [3.8, 4) is 0 Å². The Kier molecular flexibility index (Phi) is 3.40. The van der Waals surface area contributed by atoms with Crippen molar-refractivity contribution in [1.29, 1.82) is 0 Å². The lowest BCUT2D eigenvalue weighted by Crippen LogP contribution is -2.28. The Bertz CT molecular complexity index is 391. The van der Waals surface area contributed by atoms with Crippen LogP contribution in [0.3, 0.4) is 0 Å². The van der Waals surface area contributed by atoms with Gasteiger partial charge >= 0.3 is 0 Å². The Morgan fingerprint density at radius 2 is 2.00 bits per heavy atom. The number of hydrogen-bond donors (Lipinski definition) is 0. The van der Waals surface area contributed by atoms with E-state index in [9.17, 15) is 4.79 Å². The molecule has 1 aliphatic rings. The van der Waals surface area contributed by atoms with E-state index >= 15 is 0 Å².